The zero-order valence-corrected chi connectivity index (χ0v) is 28.3. The number of benzene rings is 7. The van der Waals surface area contributed by atoms with Gasteiger partial charge in [-0.15, -0.1) is 0 Å². The van der Waals surface area contributed by atoms with E-state index in [1.54, 1.807) is 0 Å². The van der Waals surface area contributed by atoms with E-state index >= 15 is 0 Å². The average Bonchev–Trinajstić information content (AvgIpc) is 3.20. The van der Waals surface area contributed by atoms with Crippen molar-refractivity contribution in [3.63, 3.8) is 0 Å². The van der Waals surface area contributed by atoms with Gasteiger partial charge in [-0.05, 0) is 86.6 Å². The van der Waals surface area contributed by atoms with E-state index in [2.05, 4.69) is 205 Å². The maximum Gasteiger partial charge on any atom is 0.0464 e. The van der Waals surface area contributed by atoms with Gasteiger partial charge in [-0.2, -0.15) is 0 Å². The summed E-state index contributed by atoms with van der Waals surface area (Å²) in [6.07, 6.45) is 16.9. The topological polar surface area (TPSA) is 24.1 Å². The number of allylic oxidation sites excluding steroid dienone is 6. The molecule has 0 spiro atoms. The minimum absolute atomic E-state index is 0.305. The molecular formula is C49H38N2. The number of fused-ring (bicyclic) bond motifs is 6. The van der Waals surface area contributed by atoms with Gasteiger partial charge in [0, 0.05) is 45.7 Å². The molecule has 0 bridgehead atoms. The summed E-state index contributed by atoms with van der Waals surface area (Å²) in [6, 6.07) is 54.3. The summed E-state index contributed by atoms with van der Waals surface area (Å²) in [5.41, 5.74) is 12.0. The second-order valence-electron chi connectivity index (χ2n) is 13.4. The van der Waals surface area contributed by atoms with Gasteiger partial charge in [0.15, 0.2) is 0 Å². The van der Waals surface area contributed by atoms with Gasteiger partial charge in [0.2, 0.25) is 0 Å². The highest BCUT2D eigenvalue weighted by Crippen LogP contribution is 2.47. The number of rotatable bonds is 8. The molecule has 0 aromatic heterocycles. The Morgan fingerprint density at radius 3 is 2.16 bits per heavy atom. The first-order valence-corrected chi connectivity index (χ1v) is 17.8. The van der Waals surface area contributed by atoms with Crippen molar-refractivity contribution in [2.45, 2.75) is 12.3 Å². The van der Waals surface area contributed by atoms with Crippen molar-refractivity contribution < 1.29 is 0 Å². The third-order valence-electron chi connectivity index (χ3n) is 10.3. The standard InChI is InChI=1S/C49H38N2/c1-2-13-34(14-3-1)25-32-48(43-23-12-18-35-15-4-7-19-40(35)43)51-39-29-27-38(28-30-39)50-47-24-11-10-22-44(47)46-33-37-17-6-8-20-41(37)45-31-26-36-16-5-9-21-42(36)49(45)46/h1-24,26-33,36,42,50-51H,25H2/b48-32-. The average molecular weight is 655 g/mol. The van der Waals surface area contributed by atoms with Crippen molar-refractivity contribution in [3.05, 3.63) is 210 Å². The lowest BCUT2D eigenvalue weighted by Gasteiger charge is -2.31. The van der Waals surface area contributed by atoms with E-state index in [9.17, 15) is 0 Å². The van der Waals surface area contributed by atoms with E-state index in [4.69, 9.17) is 0 Å². The minimum Gasteiger partial charge on any atom is -0.355 e. The lowest BCUT2D eigenvalue weighted by Crippen LogP contribution is -2.15. The van der Waals surface area contributed by atoms with Crippen molar-refractivity contribution in [2.75, 3.05) is 10.6 Å². The van der Waals surface area contributed by atoms with Gasteiger partial charge in [0.1, 0.15) is 0 Å². The molecule has 2 N–H and O–H groups in total. The highest BCUT2D eigenvalue weighted by atomic mass is 14.9. The summed E-state index contributed by atoms with van der Waals surface area (Å²) in [5.74, 6) is 0.669. The van der Waals surface area contributed by atoms with Crippen LogP contribution in [0, 0.1) is 5.92 Å². The Kier molecular flexibility index (Phi) is 8.11. The van der Waals surface area contributed by atoms with Gasteiger partial charge in [-0.25, -0.2) is 0 Å². The molecule has 0 aliphatic heterocycles. The zero-order chi connectivity index (χ0) is 34.0. The molecular weight excluding hydrogens is 617 g/mol. The fraction of sp³-hybridized carbons (Fsp3) is 0.0612. The lowest BCUT2D eigenvalue weighted by molar-refractivity contribution is 0.695. The second-order valence-corrected chi connectivity index (χ2v) is 13.4. The summed E-state index contributed by atoms with van der Waals surface area (Å²) in [7, 11) is 0. The van der Waals surface area contributed by atoms with E-state index in [-0.39, 0.29) is 0 Å². The molecule has 2 unspecified atom stereocenters. The number of hydrogen-bond acceptors (Lipinski definition) is 2. The van der Waals surface area contributed by atoms with Crippen molar-refractivity contribution in [3.8, 4) is 11.1 Å². The van der Waals surface area contributed by atoms with Crippen LogP contribution >= 0.6 is 0 Å². The van der Waals surface area contributed by atoms with Gasteiger partial charge < -0.3 is 10.6 Å². The monoisotopic (exact) mass is 654 g/mol. The maximum absolute atomic E-state index is 3.79. The normalized spacial score (nSPS) is 16.2. The predicted molar refractivity (Wildman–Crippen MR) is 218 cm³/mol. The molecule has 7 aromatic carbocycles. The van der Waals surface area contributed by atoms with E-state index in [0.717, 1.165) is 29.2 Å². The van der Waals surface area contributed by atoms with Crippen LogP contribution in [-0.4, -0.2) is 0 Å². The highest BCUT2D eigenvalue weighted by Gasteiger charge is 2.29. The van der Waals surface area contributed by atoms with Crippen molar-refractivity contribution in [1.29, 1.82) is 0 Å². The molecule has 0 amide bonds. The largest absolute Gasteiger partial charge is 0.355 e. The van der Waals surface area contributed by atoms with E-state index in [0.29, 0.717) is 11.8 Å². The van der Waals surface area contributed by atoms with Gasteiger partial charge in [-0.3, -0.25) is 0 Å². The molecule has 2 aliphatic rings. The quantitative estimate of drug-likeness (QED) is 0.170. The lowest BCUT2D eigenvalue weighted by atomic mass is 9.73. The van der Waals surface area contributed by atoms with E-state index in [1.165, 1.54) is 54.9 Å². The summed E-state index contributed by atoms with van der Waals surface area (Å²) in [6.45, 7) is 0. The van der Waals surface area contributed by atoms with Crippen LogP contribution in [0.5, 0.6) is 0 Å². The molecule has 0 radical (unpaired) electrons. The summed E-state index contributed by atoms with van der Waals surface area (Å²) >= 11 is 0. The van der Waals surface area contributed by atoms with Crippen LogP contribution in [0.25, 0.3) is 44.4 Å². The van der Waals surface area contributed by atoms with Crippen LogP contribution in [0.3, 0.4) is 0 Å². The molecule has 2 aliphatic carbocycles. The van der Waals surface area contributed by atoms with Crippen molar-refractivity contribution in [2.24, 2.45) is 5.92 Å². The van der Waals surface area contributed by atoms with E-state index < -0.39 is 0 Å². The maximum atomic E-state index is 3.79. The van der Waals surface area contributed by atoms with Crippen LogP contribution in [0.4, 0.5) is 17.1 Å². The fourth-order valence-electron chi connectivity index (χ4n) is 7.75. The van der Waals surface area contributed by atoms with E-state index in [1.807, 2.05) is 0 Å². The molecule has 0 saturated heterocycles. The smallest absolute Gasteiger partial charge is 0.0464 e. The third kappa shape index (κ3) is 6.06. The third-order valence-corrected chi connectivity index (χ3v) is 10.3. The molecule has 2 atom stereocenters. The van der Waals surface area contributed by atoms with Gasteiger partial charge in [0.05, 0.1) is 0 Å². The van der Waals surface area contributed by atoms with Crippen LogP contribution in [0.15, 0.2) is 188 Å². The van der Waals surface area contributed by atoms with Crippen LogP contribution in [0.2, 0.25) is 0 Å². The zero-order valence-electron chi connectivity index (χ0n) is 28.3. The molecule has 2 nitrogen and oxygen atoms in total. The summed E-state index contributed by atoms with van der Waals surface area (Å²) in [5, 5.41) is 12.6. The number of hydrogen-bond donors (Lipinski definition) is 2. The SMILES string of the molecule is C1=CC2C=Cc3c(c(-c4ccccc4Nc4ccc(N/C(=C\Cc5ccccc5)c5cccc6ccccc56)cc4)cc4ccccc34)C2C=C1. The number of para-hydroxylation sites is 1. The molecule has 0 saturated carbocycles. The van der Waals surface area contributed by atoms with Crippen molar-refractivity contribution in [1.82, 2.24) is 0 Å². The van der Waals surface area contributed by atoms with Crippen LogP contribution in [0.1, 0.15) is 28.2 Å². The first-order chi connectivity index (χ1) is 25.3. The number of nitrogens with one attached hydrogen (secondary N) is 2. The van der Waals surface area contributed by atoms with Gasteiger partial charge >= 0.3 is 0 Å². The highest BCUT2D eigenvalue weighted by molar-refractivity contribution is 6.00. The Bertz CT molecular complexity index is 2490. The Morgan fingerprint density at radius 1 is 0.569 bits per heavy atom. The van der Waals surface area contributed by atoms with Gasteiger partial charge in [0.25, 0.3) is 0 Å². The molecule has 244 valence electrons. The molecule has 7 aromatic rings. The first kappa shape index (κ1) is 30.7. The molecule has 2 heteroatoms. The predicted octanol–water partition coefficient (Wildman–Crippen LogP) is 13.0. The van der Waals surface area contributed by atoms with Crippen LogP contribution in [-0.2, 0) is 6.42 Å². The fourth-order valence-corrected chi connectivity index (χ4v) is 7.75. The summed E-state index contributed by atoms with van der Waals surface area (Å²) < 4.78 is 0. The van der Waals surface area contributed by atoms with Crippen molar-refractivity contribution >= 4 is 50.4 Å². The first-order valence-electron chi connectivity index (χ1n) is 17.8. The Labute approximate surface area is 299 Å². The minimum atomic E-state index is 0.305. The number of anilines is 3. The van der Waals surface area contributed by atoms with Crippen LogP contribution < -0.4 is 10.6 Å². The molecule has 51 heavy (non-hydrogen) atoms. The molecule has 0 heterocycles. The Morgan fingerprint density at radius 2 is 1.27 bits per heavy atom. The molecule has 0 fully saturated rings. The molecule has 9 rings (SSSR count). The Hall–Kier alpha value is -6.38. The van der Waals surface area contributed by atoms with Gasteiger partial charge in [-0.1, -0.05) is 158 Å². The Balaban J connectivity index is 1.05. The second kappa shape index (κ2) is 13.5. The summed E-state index contributed by atoms with van der Waals surface area (Å²) in [4.78, 5) is 0.